The van der Waals surface area contributed by atoms with Gasteiger partial charge < -0.3 is 10.2 Å². The van der Waals surface area contributed by atoms with Crippen molar-refractivity contribution in [3.05, 3.63) is 77.1 Å². The number of hydrogen-bond acceptors (Lipinski definition) is 1. The lowest BCUT2D eigenvalue weighted by Crippen LogP contribution is -2.09. The molecule has 0 spiro atoms. The maximum atomic E-state index is 11.9. The van der Waals surface area contributed by atoms with Gasteiger partial charge in [-0.1, -0.05) is 36.4 Å². The summed E-state index contributed by atoms with van der Waals surface area (Å²) in [6, 6.07) is 17.8. The van der Waals surface area contributed by atoms with Crippen LogP contribution in [0.5, 0.6) is 0 Å². The van der Waals surface area contributed by atoms with Crippen LogP contribution >= 0.6 is 0 Å². The van der Waals surface area contributed by atoms with E-state index in [0.29, 0.717) is 6.54 Å². The average Bonchev–Trinajstić information content (AvgIpc) is 2.89. The molecule has 2 aromatic carbocycles. The molecule has 0 radical (unpaired) electrons. The summed E-state index contributed by atoms with van der Waals surface area (Å²) in [7, 11) is 0. The van der Waals surface area contributed by atoms with Crippen molar-refractivity contribution in [2.24, 2.45) is 0 Å². The number of aromatic nitrogens is 1. The fourth-order valence-corrected chi connectivity index (χ4v) is 2.34. The van der Waals surface area contributed by atoms with Gasteiger partial charge in [-0.05, 0) is 23.8 Å². The number of fused-ring (bicyclic) bond motifs is 1. The zero-order valence-electron chi connectivity index (χ0n) is 11.1. The van der Waals surface area contributed by atoms with Crippen molar-refractivity contribution in [3.8, 4) is 0 Å². The van der Waals surface area contributed by atoms with Gasteiger partial charge in [-0.2, -0.15) is 0 Å². The number of hydroxylamine groups is 1. The fourth-order valence-electron chi connectivity index (χ4n) is 2.34. The summed E-state index contributed by atoms with van der Waals surface area (Å²) in [6.07, 6.45) is 4.35. The van der Waals surface area contributed by atoms with Crippen LogP contribution in [0, 0.1) is 5.21 Å². The van der Waals surface area contributed by atoms with Gasteiger partial charge in [-0.3, -0.25) is 0 Å². The highest BCUT2D eigenvalue weighted by molar-refractivity contribution is 5.83. The van der Waals surface area contributed by atoms with Crippen molar-refractivity contribution in [2.75, 3.05) is 6.54 Å². The van der Waals surface area contributed by atoms with Gasteiger partial charge in [0.15, 0.2) is 12.8 Å². The number of aromatic amines is 1. The quantitative estimate of drug-likeness (QED) is 0.334. The third-order valence-corrected chi connectivity index (χ3v) is 3.37. The molecule has 3 rings (SSSR count). The van der Waals surface area contributed by atoms with E-state index in [1.54, 1.807) is 6.21 Å². The van der Waals surface area contributed by atoms with Crippen molar-refractivity contribution in [3.63, 3.8) is 0 Å². The van der Waals surface area contributed by atoms with Crippen LogP contribution < -0.4 is 0 Å². The molecule has 0 unspecified atom stereocenters. The minimum absolute atomic E-state index is 0.455. The molecule has 0 atom stereocenters. The van der Waals surface area contributed by atoms with Gasteiger partial charge in [-0.25, -0.2) is 4.74 Å². The minimum Gasteiger partial charge on any atom is -0.624 e. The Labute approximate surface area is 117 Å². The molecule has 0 aliphatic carbocycles. The Balaban J connectivity index is 1.72. The second kappa shape index (κ2) is 5.61. The molecule has 100 valence electrons. The Kier molecular flexibility index (Phi) is 3.50. The molecule has 1 heterocycles. The molecule has 3 heteroatoms. The first-order valence-electron chi connectivity index (χ1n) is 6.71. The third kappa shape index (κ3) is 2.72. The van der Waals surface area contributed by atoms with Crippen LogP contribution in [-0.2, 0) is 6.42 Å². The van der Waals surface area contributed by atoms with Gasteiger partial charge in [0.1, 0.15) is 0 Å². The summed E-state index contributed by atoms with van der Waals surface area (Å²) in [4.78, 5) is 3.23. The van der Waals surface area contributed by atoms with E-state index in [9.17, 15) is 5.21 Å². The van der Waals surface area contributed by atoms with E-state index in [1.165, 1.54) is 10.9 Å². The van der Waals surface area contributed by atoms with Gasteiger partial charge in [0.05, 0.1) is 0 Å². The van der Waals surface area contributed by atoms with Crippen molar-refractivity contribution >= 4 is 17.1 Å². The number of hydrogen-bond donors (Lipinski definition) is 1. The molecule has 0 bridgehead atoms. The van der Waals surface area contributed by atoms with Gasteiger partial charge in [-0.15, -0.1) is 0 Å². The van der Waals surface area contributed by atoms with E-state index < -0.39 is 0 Å². The zero-order chi connectivity index (χ0) is 13.8. The van der Waals surface area contributed by atoms with Crippen LogP contribution in [0.3, 0.4) is 0 Å². The van der Waals surface area contributed by atoms with E-state index in [1.807, 2.05) is 54.7 Å². The predicted molar refractivity (Wildman–Crippen MR) is 82.1 cm³/mol. The number of H-pyrrole nitrogens is 1. The molecule has 0 aliphatic heterocycles. The zero-order valence-corrected chi connectivity index (χ0v) is 11.1. The van der Waals surface area contributed by atoms with Gasteiger partial charge in [0.2, 0.25) is 0 Å². The molecule has 3 aromatic rings. The lowest BCUT2D eigenvalue weighted by molar-refractivity contribution is -0.451. The normalized spacial score (nSPS) is 11.9. The summed E-state index contributed by atoms with van der Waals surface area (Å²) in [6.45, 7) is 0.455. The summed E-state index contributed by atoms with van der Waals surface area (Å²) in [5.74, 6) is 0. The monoisotopic (exact) mass is 264 g/mol. The molecule has 0 saturated carbocycles. The molecule has 20 heavy (non-hydrogen) atoms. The molecule has 0 saturated heterocycles. The highest BCUT2D eigenvalue weighted by atomic mass is 16.5. The molecule has 3 nitrogen and oxygen atoms in total. The van der Waals surface area contributed by atoms with Crippen LogP contribution in [0.2, 0.25) is 0 Å². The van der Waals surface area contributed by atoms with E-state index >= 15 is 0 Å². The van der Waals surface area contributed by atoms with Crippen molar-refractivity contribution in [2.45, 2.75) is 6.42 Å². The van der Waals surface area contributed by atoms with Crippen LogP contribution in [0.25, 0.3) is 10.9 Å². The lowest BCUT2D eigenvalue weighted by Gasteiger charge is -2.03. The number of benzene rings is 2. The Morgan fingerprint density at radius 3 is 2.60 bits per heavy atom. The number of nitrogens with zero attached hydrogens (tertiary/aromatic N) is 1. The van der Waals surface area contributed by atoms with Crippen molar-refractivity contribution in [1.82, 2.24) is 4.98 Å². The van der Waals surface area contributed by atoms with Crippen LogP contribution in [-0.4, -0.2) is 22.5 Å². The summed E-state index contributed by atoms with van der Waals surface area (Å²) in [5, 5.41) is 13.1. The van der Waals surface area contributed by atoms with Crippen molar-refractivity contribution < 1.29 is 4.74 Å². The van der Waals surface area contributed by atoms with Gasteiger partial charge in [0, 0.05) is 29.1 Å². The molecule has 0 aliphatic rings. The topological polar surface area (TPSA) is 41.9 Å². The SMILES string of the molecule is [O-]/[N+](=C\c1ccccc1)CCc1c[nH]c2ccccc12. The maximum absolute atomic E-state index is 11.9. The fraction of sp³-hybridized carbons (Fsp3) is 0.118. The number of nitrogens with one attached hydrogen (secondary N) is 1. The molecule has 1 aromatic heterocycles. The lowest BCUT2D eigenvalue weighted by atomic mass is 10.1. The van der Waals surface area contributed by atoms with Crippen LogP contribution in [0.1, 0.15) is 11.1 Å². The Morgan fingerprint density at radius 2 is 1.75 bits per heavy atom. The van der Waals surface area contributed by atoms with E-state index in [-0.39, 0.29) is 0 Å². The first kappa shape index (κ1) is 12.5. The number of para-hydroxylation sites is 1. The summed E-state index contributed by atoms with van der Waals surface area (Å²) < 4.78 is 0.997. The Hall–Kier alpha value is -2.55. The number of rotatable bonds is 4. The molecular formula is C17H16N2O. The second-order valence-electron chi connectivity index (χ2n) is 4.79. The Morgan fingerprint density at radius 1 is 1.00 bits per heavy atom. The second-order valence-corrected chi connectivity index (χ2v) is 4.79. The van der Waals surface area contributed by atoms with Gasteiger partial charge in [0.25, 0.3) is 0 Å². The summed E-state index contributed by atoms with van der Waals surface area (Å²) >= 11 is 0. The molecule has 0 amide bonds. The third-order valence-electron chi connectivity index (χ3n) is 3.37. The largest absolute Gasteiger partial charge is 0.624 e. The smallest absolute Gasteiger partial charge is 0.181 e. The minimum atomic E-state index is 0.455. The first-order chi connectivity index (χ1) is 9.83. The average molecular weight is 264 g/mol. The highest BCUT2D eigenvalue weighted by Crippen LogP contribution is 2.17. The van der Waals surface area contributed by atoms with E-state index in [4.69, 9.17) is 0 Å². The first-order valence-corrected chi connectivity index (χ1v) is 6.71. The molecular weight excluding hydrogens is 248 g/mol. The van der Waals surface area contributed by atoms with Crippen LogP contribution in [0.15, 0.2) is 60.8 Å². The Bertz CT molecular complexity index is 729. The standard InChI is InChI=1S/C17H16N2O/c20-19(13-14-6-2-1-3-7-14)11-10-15-12-18-17-9-5-4-8-16(15)17/h1-9,12-13,18H,10-11H2/b19-13-. The van der Waals surface area contributed by atoms with Gasteiger partial charge >= 0.3 is 0 Å². The molecule has 0 fully saturated rings. The predicted octanol–water partition coefficient (Wildman–Crippen LogP) is 3.34. The van der Waals surface area contributed by atoms with Crippen LogP contribution in [0.4, 0.5) is 0 Å². The van der Waals surface area contributed by atoms with E-state index in [2.05, 4.69) is 11.1 Å². The summed E-state index contributed by atoms with van der Waals surface area (Å²) in [5.41, 5.74) is 3.23. The maximum Gasteiger partial charge on any atom is 0.181 e. The molecule has 1 N–H and O–H groups in total. The van der Waals surface area contributed by atoms with Crippen molar-refractivity contribution in [1.29, 1.82) is 0 Å². The highest BCUT2D eigenvalue weighted by Gasteiger charge is 2.04. The van der Waals surface area contributed by atoms with E-state index in [0.717, 1.165) is 22.2 Å².